The monoisotopic (exact) mass is 409 g/mol. The summed E-state index contributed by atoms with van der Waals surface area (Å²) in [5.41, 5.74) is 0.977. The van der Waals surface area contributed by atoms with Crippen molar-refractivity contribution in [1.29, 1.82) is 0 Å². The van der Waals surface area contributed by atoms with Gasteiger partial charge in [-0.05, 0) is 30.5 Å². The second kappa shape index (κ2) is 9.94. The number of esters is 1. The van der Waals surface area contributed by atoms with Crippen molar-refractivity contribution in [2.45, 2.75) is 19.8 Å². The summed E-state index contributed by atoms with van der Waals surface area (Å²) in [6.45, 7) is 1.46. The van der Waals surface area contributed by atoms with Gasteiger partial charge in [0, 0.05) is 19.0 Å². The fourth-order valence-corrected chi connectivity index (χ4v) is 2.61. The lowest BCUT2D eigenvalue weighted by Crippen LogP contribution is -2.21. The van der Waals surface area contributed by atoms with Gasteiger partial charge in [-0.15, -0.1) is 0 Å². The van der Waals surface area contributed by atoms with Gasteiger partial charge in [-0.1, -0.05) is 35.9 Å². The van der Waals surface area contributed by atoms with E-state index in [1.807, 2.05) is 0 Å². The van der Waals surface area contributed by atoms with Gasteiger partial charge in [0.25, 0.3) is 0 Å². The van der Waals surface area contributed by atoms with Crippen molar-refractivity contribution in [1.82, 2.24) is 5.32 Å². The Morgan fingerprint density at radius 3 is 2.36 bits per heavy atom. The second-order valence-corrected chi connectivity index (χ2v) is 6.44. The van der Waals surface area contributed by atoms with Gasteiger partial charge in [-0.25, -0.2) is 13.6 Å². The normalized spacial score (nSPS) is 10.4. The number of halogens is 3. The average molecular weight is 410 g/mol. The van der Waals surface area contributed by atoms with Gasteiger partial charge < -0.3 is 10.1 Å². The molecule has 0 aromatic heterocycles. The first-order valence-electron chi connectivity index (χ1n) is 8.46. The summed E-state index contributed by atoms with van der Waals surface area (Å²) in [6, 6.07) is 8.05. The molecule has 0 aliphatic rings. The molecule has 0 bridgehead atoms. The molecule has 8 heteroatoms. The van der Waals surface area contributed by atoms with E-state index in [1.165, 1.54) is 6.92 Å². The number of aryl methyl sites for hydroxylation is 1. The number of hydrogen-bond donors (Lipinski definition) is 1. The molecular weight excluding hydrogens is 392 g/mol. The quantitative estimate of drug-likeness (QED) is 0.312. The summed E-state index contributed by atoms with van der Waals surface area (Å²) in [6.07, 6.45) is 1.50. The van der Waals surface area contributed by atoms with Crippen LogP contribution in [0.1, 0.15) is 39.6 Å². The topological polar surface area (TPSA) is 72.5 Å². The van der Waals surface area contributed by atoms with Gasteiger partial charge >= 0.3 is 5.97 Å². The highest BCUT2D eigenvalue weighted by atomic mass is 35.5. The molecule has 1 N–H and O–H groups in total. The maximum absolute atomic E-state index is 13.2. The summed E-state index contributed by atoms with van der Waals surface area (Å²) in [4.78, 5) is 34.9. The van der Waals surface area contributed by atoms with Crippen molar-refractivity contribution in [3.8, 4) is 0 Å². The zero-order valence-corrected chi connectivity index (χ0v) is 15.8. The summed E-state index contributed by atoms with van der Waals surface area (Å²) in [5, 5.41) is 2.40. The fraction of sp³-hybridized carbons (Fsp3) is 0.250. The zero-order valence-electron chi connectivity index (χ0n) is 15.1. The minimum Gasteiger partial charge on any atom is -0.454 e. The molecule has 0 saturated carbocycles. The van der Waals surface area contributed by atoms with Crippen LogP contribution in [-0.4, -0.2) is 30.8 Å². The van der Waals surface area contributed by atoms with E-state index in [4.69, 9.17) is 16.3 Å². The Labute approximate surface area is 165 Å². The van der Waals surface area contributed by atoms with Crippen molar-refractivity contribution >= 4 is 29.3 Å². The van der Waals surface area contributed by atoms with Crippen molar-refractivity contribution in [3.05, 3.63) is 69.7 Å². The predicted molar refractivity (Wildman–Crippen MR) is 99.4 cm³/mol. The Kier molecular flexibility index (Phi) is 7.63. The van der Waals surface area contributed by atoms with Crippen LogP contribution < -0.4 is 5.32 Å². The first-order valence-corrected chi connectivity index (χ1v) is 8.84. The molecule has 28 heavy (non-hydrogen) atoms. The molecule has 148 valence electrons. The molecule has 0 radical (unpaired) electrons. The van der Waals surface area contributed by atoms with Crippen LogP contribution in [-0.2, 0) is 16.0 Å². The van der Waals surface area contributed by atoms with Gasteiger partial charge in [0.1, 0.15) is 0 Å². The number of carbonyl (C=O) groups excluding carboxylic acids is 3. The van der Waals surface area contributed by atoms with E-state index in [-0.39, 0.29) is 16.5 Å². The van der Waals surface area contributed by atoms with Crippen molar-refractivity contribution in [3.63, 3.8) is 0 Å². The van der Waals surface area contributed by atoms with Gasteiger partial charge in [-0.2, -0.15) is 0 Å². The van der Waals surface area contributed by atoms with E-state index in [0.29, 0.717) is 24.2 Å². The lowest BCUT2D eigenvalue weighted by Gasteiger charge is -2.07. The van der Waals surface area contributed by atoms with Crippen LogP contribution >= 0.6 is 11.6 Å². The van der Waals surface area contributed by atoms with Crippen molar-refractivity contribution in [2.24, 2.45) is 0 Å². The van der Waals surface area contributed by atoms with E-state index in [1.54, 1.807) is 24.3 Å². The molecule has 2 rings (SSSR count). The van der Waals surface area contributed by atoms with Gasteiger partial charge in [0.05, 0.1) is 10.6 Å². The number of ether oxygens (including phenoxy) is 1. The number of Topliss-reactive ketones (excluding diaryl/α,β-unsaturated/α-hetero) is 1. The van der Waals surface area contributed by atoms with Crippen LogP contribution in [0.5, 0.6) is 0 Å². The highest BCUT2D eigenvalue weighted by Gasteiger charge is 2.18. The van der Waals surface area contributed by atoms with Crippen molar-refractivity contribution < 1.29 is 27.9 Å². The van der Waals surface area contributed by atoms with E-state index >= 15 is 0 Å². The molecule has 5 nitrogen and oxygen atoms in total. The lowest BCUT2D eigenvalue weighted by atomic mass is 10.1. The second-order valence-electron chi connectivity index (χ2n) is 6.03. The third-order valence-corrected chi connectivity index (χ3v) is 4.17. The minimum atomic E-state index is -1.24. The Morgan fingerprint density at radius 2 is 1.71 bits per heavy atom. The molecule has 0 fully saturated rings. The predicted octanol–water partition coefficient (Wildman–Crippen LogP) is 3.73. The maximum atomic E-state index is 13.2. The van der Waals surface area contributed by atoms with Crippen molar-refractivity contribution in [2.75, 3.05) is 13.2 Å². The van der Waals surface area contributed by atoms with Gasteiger partial charge in [-0.3, -0.25) is 9.59 Å². The van der Waals surface area contributed by atoms with Crippen LogP contribution in [0.3, 0.4) is 0 Å². The van der Waals surface area contributed by atoms with Crippen LogP contribution in [0.15, 0.2) is 36.4 Å². The summed E-state index contributed by atoms with van der Waals surface area (Å²) in [7, 11) is 0. The maximum Gasteiger partial charge on any atom is 0.340 e. The molecule has 0 saturated heterocycles. The van der Waals surface area contributed by atoms with Gasteiger partial charge in [0.15, 0.2) is 24.0 Å². The SMILES string of the molecule is CC(=O)NCCCc1ccc(C(=O)COC(=O)c2cc(F)c(F)cc2Cl)cc1. The molecule has 0 heterocycles. The number of amides is 1. The van der Waals surface area contributed by atoms with E-state index in [0.717, 1.165) is 18.4 Å². The number of carbonyl (C=O) groups is 3. The lowest BCUT2D eigenvalue weighted by molar-refractivity contribution is -0.118. The van der Waals surface area contributed by atoms with Crippen LogP contribution in [0.4, 0.5) is 8.78 Å². The number of ketones is 1. The summed E-state index contributed by atoms with van der Waals surface area (Å²) in [5.74, 6) is -3.98. The average Bonchev–Trinajstić information content (AvgIpc) is 2.66. The summed E-state index contributed by atoms with van der Waals surface area (Å²) < 4.78 is 31.1. The number of rotatable bonds is 8. The first kappa shape index (κ1) is 21.5. The number of benzene rings is 2. The van der Waals surface area contributed by atoms with Crippen LogP contribution in [0.25, 0.3) is 0 Å². The number of nitrogens with one attached hydrogen (secondary N) is 1. The molecule has 2 aromatic rings. The molecule has 0 aliphatic heterocycles. The highest BCUT2D eigenvalue weighted by molar-refractivity contribution is 6.33. The standard InChI is InChI=1S/C20H18ClF2NO4/c1-12(25)24-8-2-3-13-4-6-14(7-5-13)19(26)11-28-20(27)15-9-17(22)18(23)10-16(15)21/h4-7,9-10H,2-3,8,11H2,1H3,(H,24,25). The highest BCUT2D eigenvalue weighted by Crippen LogP contribution is 2.21. The molecule has 0 aliphatic carbocycles. The minimum absolute atomic E-state index is 0.0832. The Morgan fingerprint density at radius 1 is 1.07 bits per heavy atom. The molecule has 0 atom stereocenters. The molecule has 1 amide bonds. The smallest absolute Gasteiger partial charge is 0.340 e. The van der Waals surface area contributed by atoms with Crippen LogP contribution in [0.2, 0.25) is 5.02 Å². The third-order valence-electron chi connectivity index (χ3n) is 3.86. The number of hydrogen-bond acceptors (Lipinski definition) is 4. The van der Waals surface area contributed by atoms with E-state index in [9.17, 15) is 23.2 Å². The zero-order chi connectivity index (χ0) is 20.7. The first-order chi connectivity index (χ1) is 13.3. The van der Waals surface area contributed by atoms with E-state index in [2.05, 4.69) is 5.32 Å². The summed E-state index contributed by atoms with van der Waals surface area (Å²) >= 11 is 5.70. The molecule has 0 spiro atoms. The van der Waals surface area contributed by atoms with E-state index < -0.39 is 30.0 Å². The Hall–Kier alpha value is -2.80. The molecule has 2 aromatic carbocycles. The third kappa shape index (κ3) is 6.13. The fourth-order valence-electron chi connectivity index (χ4n) is 2.39. The van der Waals surface area contributed by atoms with Gasteiger partial charge in [0.2, 0.25) is 5.91 Å². The van der Waals surface area contributed by atoms with Crippen LogP contribution in [0, 0.1) is 11.6 Å². The molecule has 0 unspecified atom stereocenters. The Balaban J connectivity index is 1.88. The largest absolute Gasteiger partial charge is 0.454 e. The molecular formula is C20H18ClF2NO4. The Bertz CT molecular complexity index is 885.